The summed E-state index contributed by atoms with van der Waals surface area (Å²) in [5.74, 6) is 0.834. The van der Waals surface area contributed by atoms with Crippen molar-refractivity contribution in [3.05, 3.63) is 65.1 Å². The number of benzene rings is 1. The number of rotatable bonds is 11. The first kappa shape index (κ1) is 36.3. The molecule has 0 aliphatic carbocycles. The minimum absolute atomic E-state index is 0.0605. The average molecular weight is 723 g/mol. The van der Waals surface area contributed by atoms with Gasteiger partial charge in [0.15, 0.2) is 0 Å². The van der Waals surface area contributed by atoms with E-state index in [4.69, 9.17) is 5.10 Å². The molecule has 2 fully saturated rings. The van der Waals surface area contributed by atoms with E-state index in [1.54, 1.807) is 4.68 Å². The van der Waals surface area contributed by atoms with Gasteiger partial charge in [-0.25, -0.2) is 8.42 Å². The lowest BCUT2D eigenvalue weighted by Crippen LogP contribution is -2.40. The summed E-state index contributed by atoms with van der Waals surface area (Å²) in [6.45, 7) is 4.64. The van der Waals surface area contributed by atoms with E-state index in [-0.39, 0.29) is 30.6 Å². The summed E-state index contributed by atoms with van der Waals surface area (Å²) < 4.78 is 70.6. The molecule has 0 amide bonds. The van der Waals surface area contributed by atoms with E-state index in [1.807, 2.05) is 18.3 Å². The van der Waals surface area contributed by atoms with Crippen LogP contribution in [0.4, 0.5) is 13.2 Å². The lowest BCUT2D eigenvalue weighted by molar-refractivity contribution is -0.139. The van der Waals surface area contributed by atoms with Gasteiger partial charge in [0, 0.05) is 91.0 Å². The molecule has 2 aromatic heterocycles. The summed E-state index contributed by atoms with van der Waals surface area (Å²) in [5, 5.41) is 25.9. The highest BCUT2D eigenvalue weighted by atomic mass is 32.2. The smallest absolute Gasteiger partial charge is 0.393 e. The van der Waals surface area contributed by atoms with Crippen LogP contribution in [0, 0.1) is 0 Å². The molecule has 0 radical (unpaired) electrons. The molecule has 0 saturated carbocycles. The molecular weight excluding hydrogens is 678 g/mol. The third kappa shape index (κ3) is 9.04. The van der Waals surface area contributed by atoms with Crippen molar-refractivity contribution >= 4 is 21.8 Å². The number of fused-ring (bicyclic) bond motifs is 1. The highest BCUT2D eigenvalue weighted by Gasteiger charge is 2.35. The largest absolute Gasteiger partial charge is 0.417 e. The van der Waals surface area contributed by atoms with E-state index in [9.17, 15) is 31.8 Å². The molecule has 10 nitrogen and oxygen atoms in total. The van der Waals surface area contributed by atoms with Gasteiger partial charge in [0.2, 0.25) is 10.0 Å². The third-order valence-corrected chi connectivity index (χ3v) is 12.2. The second kappa shape index (κ2) is 15.4. The molecule has 1 unspecified atom stereocenters. The van der Waals surface area contributed by atoms with Crippen LogP contribution in [-0.4, -0.2) is 118 Å². The van der Waals surface area contributed by atoms with Crippen LogP contribution in [0.25, 0.3) is 11.3 Å². The molecule has 15 heteroatoms. The fourth-order valence-corrected chi connectivity index (χ4v) is 9.07. The van der Waals surface area contributed by atoms with Gasteiger partial charge in [0.1, 0.15) is 0 Å². The Balaban J connectivity index is 1.21. The maximum Gasteiger partial charge on any atom is 0.417 e. The summed E-state index contributed by atoms with van der Waals surface area (Å²) >= 11 is 1.14. The van der Waals surface area contributed by atoms with Gasteiger partial charge in [-0.3, -0.25) is 9.67 Å². The van der Waals surface area contributed by atoms with Gasteiger partial charge in [-0.1, -0.05) is 12.1 Å². The maximum atomic E-state index is 14.1. The highest BCUT2D eigenvalue weighted by Crippen LogP contribution is 2.40. The van der Waals surface area contributed by atoms with Crippen molar-refractivity contribution in [1.29, 1.82) is 0 Å². The number of sulfonamides is 1. The van der Waals surface area contributed by atoms with Crippen LogP contribution in [0.3, 0.4) is 0 Å². The van der Waals surface area contributed by atoms with Gasteiger partial charge < -0.3 is 20.0 Å². The highest BCUT2D eigenvalue weighted by molar-refractivity contribution is 7.99. The number of aromatic nitrogens is 3. The molecule has 0 bridgehead atoms. The molecule has 3 aliphatic heterocycles. The SMILES string of the molecule is CS(=O)(=O)N1CCc2c(c(-c3ccc(C(F)(F)F)c(SCCN4CCC(O)CC4)c3)nn2CC(O)CN2CCC(c3ccccn3)CC2)C1. The van der Waals surface area contributed by atoms with Gasteiger partial charge in [0.05, 0.1) is 36.3 Å². The Morgan fingerprint density at radius 2 is 1.73 bits per heavy atom. The molecule has 5 heterocycles. The number of halogens is 3. The Kier molecular flexibility index (Phi) is 11.4. The van der Waals surface area contributed by atoms with Gasteiger partial charge in [-0.05, 0) is 63.0 Å². The zero-order valence-corrected chi connectivity index (χ0v) is 29.4. The van der Waals surface area contributed by atoms with Crippen molar-refractivity contribution in [2.24, 2.45) is 0 Å². The Bertz CT molecular complexity index is 1670. The Labute approximate surface area is 290 Å². The number of nitrogens with zero attached hydrogens (tertiary/aromatic N) is 6. The Morgan fingerprint density at radius 1 is 1.00 bits per heavy atom. The number of hydrogen-bond acceptors (Lipinski definition) is 9. The predicted octanol–water partition coefficient (Wildman–Crippen LogP) is 4.07. The number of alkyl halides is 3. The monoisotopic (exact) mass is 722 g/mol. The standard InChI is InChI=1S/C34H45F3N6O4S2/c1-49(46,47)42-17-11-31-28(23-42)33(39-43(31)22-27(45)21-41-13-7-24(8-14-41)30-4-2-3-12-38-30)25-5-6-29(34(35,36)37)32(20-25)48-19-18-40-15-9-26(44)10-16-40/h2-6,12,20,24,26-27,44-45H,7-11,13-19,21-23H2,1H3. The van der Waals surface area contributed by atoms with Crippen LogP contribution in [0.5, 0.6) is 0 Å². The molecule has 1 aromatic carbocycles. The average Bonchev–Trinajstić information content (AvgIpc) is 3.43. The maximum absolute atomic E-state index is 14.1. The van der Waals surface area contributed by atoms with Gasteiger partial charge in [-0.15, -0.1) is 11.8 Å². The molecule has 2 N–H and O–H groups in total. The molecule has 3 aliphatic rings. The molecule has 3 aromatic rings. The second-order valence-electron chi connectivity index (χ2n) is 13.4. The molecule has 6 rings (SSSR count). The summed E-state index contributed by atoms with van der Waals surface area (Å²) in [4.78, 5) is 8.99. The second-order valence-corrected chi connectivity index (χ2v) is 16.5. The van der Waals surface area contributed by atoms with E-state index < -0.39 is 27.9 Å². The fraction of sp³-hybridized carbons (Fsp3) is 0.588. The summed E-state index contributed by atoms with van der Waals surface area (Å²) in [6, 6.07) is 9.98. The topological polar surface area (TPSA) is 115 Å². The first-order valence-electron chi connectivity index (χ1n) is 16.9. The molecule has 0 spiro atoms. The normalized spacial score (nSPS) is 20.0. The molecule has 268 valence electrons. The predicted molar refractivity (Wildman–Crippen MR) is 183 cm³/mol. The minimum atomic E-state index is -4.54. The van der Waals surface area contributed by atoms with Gasteiger partial charge in [-0.2, -0.15) is 22.6 Å². The van der Waals surface area contributed by atoms with E-state index >= 15 is 0 Å². The third-order valence-electron chi connectivity index (χ3n) is 9.90. The zero-order valence-electron chi connectivity index (χ0n) is 27.7. The van der Waals surface area contributed by atoms with E-state index in [2.05, 4.69) is 20.9 Å². The number of likely N-dealkylation sites (tertiary alicyclic amines) is 2. The van der Waals surface area contributed by atoms with E-state index in [0.29, 0.717) is 73.9 Å². The summed E-state index contributed by atoms with van der Waals surface area (Å²) in [7, 11) is -3.52. The molecular formula is C34H45F3N6O4S2. The van der Waals surface area contributed by atoms with Gasteiger partial charge in [0.25, 0.3) is 0 Å². The van der Waals surface area contributed by atoms with Crippen LogP contribution in [0.2, 0.25) is 0 Å². The first-order valence-corrected chi connectivity index (χ1v) is 19.8. The van der Waals surface area contributed by atoms with Crippen molar-refractivity contribution in [1.82, 2.24) is 28.9 Å². The molecule has 1 atom stereocenters. The fourth-order valence-electron chi connectivity index (χ4n) is 7.17. The Morgan fingerprint density at radius 3 is 2.41 bits per heavy atom. The number of aliphatic hydroxyl groups excluding tert-OH is 2. The molecule has 2 saturated heterocycles. The van der Waals surface area contributed by atoms with Crippen LogP contribution in [0.1, 0.15) is 54.1 Å². The lowest BCUT2D eigenvalue weighted by atomic mass is 9.93. The van der Waals surface area contributed by atoms with Crippen molar-refractivity contribution in [3.63, 3.8) is 0 Å². The number of aliphatic hydroxyl groups is 2. The van der Waals surface area contributed by atoms with Crippen LogP contribution in [-0.2, 0) is 35.7 Å². The van der Waals surface area contributed by atoms with Crippen LogP contribution < -0.4 is 0 Å². The van der Waals surface area contributed by atoms with Gasteiger partial charge >= 0.3 is 6.18 Å². The minimum Gasteiger partial charge on any atom is -0.393 e. The quantitative estimate of drug-likeness (QED) is 0.283. The number of hydrogen-bond donors (Lipinski definition) is 2. The van der Waals surface area contributed by atoms with Crippen molar-refractivity contribution in [3.8, 4) is 11.3 Å². The Hall–Kier alpha value is -2.53. The van der Waals surface area contributed by atoms with E-state index in [0.717, 1.165) is 61.4 Å². The number of pyridine rings is 1. The van der Waals surface area contributed by atoms with Crippen LogP contribution in [0.15, 0.2) is 47.5 Å². The van der Waals surface area contributed by atoms with Crippen molar-refractivity contribution < 1.29 is 31.8 Å². The zero-order chi connectivity index (χ0) is 34.8. The number of thioether (sulfide) groups is 1. The number of piperidine rings is 2. The van der Waals surface area contributed by atoms with Crippen molar-refractivity contribution in [2.45, 2.75) is 74.4 Å². The number of β-amino-alcohol motifs (C(OH)–C–C–N with tert-alkyl or cyclic N) is 1. The van der Waals surface area contributed by atoms with Crippen LogP contribution >= 0.6 is 11.8 Å². The summed E-state index contributed by atoms with van der Waals surface area (Å²) in [5.41, 5.74) is 2.74. The van der Waals surface area contributed by atoms with Crippen molar-refractivity contribution in [2.75, 3.05) is 57.8 Å². The molecule has 49 heavy (non-hydrogen) atoms. The lowest BCUT2D eigenvalue weighted by Gasteiger charge is -2.33. The van der Waals surface area contributed by atoms with E-state index in [1.165, 1.54) is 16.4 Å². The first-order chi connectivity index (χ1) is 23.3. The summed E-state index contributed by atoms with van der Waals surface area (Å²) in [6.07, 6.45) is 0.944.